The van der Waals surface area contributed by atoms with E-state index in [2.05, 4.69) is 4.99 Å². The average molecular weight is 184 g/mol. The van der Waals surface area contributed by atoms with Crippen molar-refractivity contribution in [3.8, 4) is 0 Å². The highest BCUT2D eigenvalue weighted by Gasteiger charge is 1.98. The van der Waals surface area contributed by atoms with E-state index >= 15 is 0 Å². The monoisotopic (exact) mass is 184 g/mol. The molecule has 14 heavy (non-hydrogen) atoms. The van der Waals surface area contributed by atoms with Crippen molar-refractivity contribution in [2.75, 3.05) is 7.05 Å². The molecule has 0 saturated carbocycles. The van der Waals surface area contributed by atoms with Gasteiger partial charge < -0.3 is 10.1 Å². The Morgan fingerprint density at radius 1 is 1.07 bits per heavy atom. The zero-order valence-corrected chi connectivity index (χ0v) is 7.90. The highest BCUT2D eigenvalue weighted by Crippen LogP contribution is 2.17. The van der Waals surface area contributed by atoms with E-state index in [1.165, 1.54) is 7.05 Å². The maximum Gasteiger partial charge on any atom is 0.0270 e. The van der Waals surface area contributed by atoms with Gasteiger partial charge in [-0.25, -0.2) is 0 Å². The summed E-state index contributed by atoms with van der Waals surface area (Å²) in [6.07, 6.45) is 0. The lowest BCUT2D eigenvalue weighted by Crippen LogP contribution is -2.18. The third kappa shape index (κ3) is 1.35. The van der Waals surface area contributed by atoms with Gasteiger partial charge in [0.2, 0.25) is 0 Å². The Labute approximate surface area is 82.5 Å². The molecular weight excluding hydrogens is 174 g/mol. The first kappa shape index (κ1) is 8.75. The Morgan fingerprint density at radius 2 is 1.79 bits per heavy atom. The third-order valence-electron chi connectivity index (χ3n) is 2.22. The molecular formula is C12H10NO-. The zero-order chi connectivity index (χ0) is 9.97. The molecule has 0 unspecified atom stereocenters. The molecule has 0 aliphatic rings. The first-order valence-corrected chi connectivity index (χ1v) is 4.45. The second kappa shape index (κ2) is 3.50. The molecule has 0 atom stereocenters. The topological polar surface area (TPSA) is 35.4 Å². The second-order valence-corrected chi connectivity index (χ2v) is 3.06. The molecule has 0 saturated heterocycles. The minimum Gasteiger partial charge on any atom is -0.858 e. The SMILES string of the molecule is CN=C([O-])c1cccc2ccccc12. The predicted molar refractivity (Wildman–Crippen MR) is 56.4 cm³/mol. The van der Waals surface area contributed by atoms with Crippen LogP contribution >= 0.6 is 0 Å². The molecule has 2 rings (SSSR count). The van der Waals surface area contributed by atoms with Crippen molar-refractivity contribution in [3.63, 3.8) is 0 Å². The Hall–Kier alpha value is -1.83. The van der Waals surface area contributed by atoms with E-state index in [0.29, 0.717) is 5.56 Å². The molecule has 0 bridgehead atoms. The Balaban J connectivity index is 2.77. The molecule has 0 aliphatic carbocycles. The third-order valence-corrected chi connectivity index (χ3v) is 2.22. The van der Waals surface area contributed by atoms with Gasteiger partial charge in [0.05, 0.1) is 0 Å². The molecule has 0 amide bonds. The first-order chi connectivity index (χ1) is 6.83. The van der Waals surface area contributed by atoms with Crippen molar-refractivity contribution in [2.24, 2.45) is 4.99 Å². The van der Waals surface area contributed by atoms with Crippen LogP contribution in [0.4, 0.5) is 0 Å². The molecule has 2 aromatic carbocycles. The molecule has 70 valence electrons. The van der Waals surface area contributed by atoms with Gasteiger partial charge in [-0.2, -0.15) is 0 Å². The quantitative estimate of drug-likeness (QED) is 0.489. The highest BCUT2D eigenvalue weighted by atomic mass is 16.3. The summed E-state index contributed by atoms with van der Waals surface area (Å²) < 4.78 is 0. The van der Waals surface area contributed by atoms with Crippen LogP contribution in [0.25, 0.3) is 10.8 Å². The fraction of sp³-hybridized carbons (Fsp3) is 0.0833. The van der Waals surface area contributed by atoms with Crippen molar-refractivity contribution in [3.05, 3.63) is 48.0 Å². The van der Waals surface area contributed by atoms with Crippen molar-refractivity contribution in [2.45, 2.75) is 0 Å². The van der Waals surface area contributed by atoms with E-state index in [-0.39, 0.29) is 5.90 Å². The van der Waals surface area contributed by atoms with E-state index in [1.807, 2.05) is 36.4 Å². The van der Waals surface area contributed by atoms with Gasteiger partial charge >= 0.3 is 0 Å². The maximum absolute atomic E-state index is 11.5. The number of hydrogen-bond acceptors (Lipinski definition) is 2. The van der Waals surface area contributed by atoms with Crippen LogP contribution in [-0.2, 0) is 0 Å². The number of aliphatic imine (C=N–C) groups is 1. The van der Waals surface area contributed by atoms with E-state index in [9.17, 15) is 5.11 Å². The first-order valence-electron chi connectivity index (χ1n) is 4.45. The van der Waals surface area contributed by atoms with Gasteiger partial charge in [-0.15, -0.1) is 0 Å². The Bertz CT molecular complexity index is 483. The van der Waals surface area contributed by atoms with Gasteiger partial charge in [-0.1, -0.05) is 42.5 Å². The lowest BCUT2D eigenvalue weighted by molar-refractivity contribution is -0.212. The smallest absolute Gasteiger partial charge is 0.0270 e. The summed E-state index contributed by atoms with van der Waals surface area (Å²) in [5, 5.41) is 13.5. The minimum atomic E-state index is -0.165. The summed E-state index contributed by atoms with van der Waals surface area (Å²) in [6, 6.07) is 13.5. The van der Waals surface area contributed by atoms with Crippen LogP contribution in [0.1, 0.15) is 5.56 Å². The van der Waals surface area contributed by atoms with E-state index in [1.54, 1.807) is 6.07 Å². The number of benzene rings is 2. The van der Waals surface area contributed by atoms with Crippen LogP contribution < -0.4 is 5.11 Å². The minimum absolute atomic E-state index is 0.165. The summed E-state index contributed by atoms with van der Waals surface area (Å²) in [5.41, 5.74) is 0.672. The largest absolute Gasteiger partial charge is 0.858 e. The second-order valence-electron chi connectivity index (χ2n) is 3.06. The Kier molecular flexibility index (Phi) is 2.19. The normalized spacial score (nSPS) is 11.9. The molecule has 2 aromatic rings. The summed E-state index contributed by atoms with van der Waals surface area (Å²) in [7, 11) is 1.52. The lowest BCUT2D eigenvalue weighted by Gasteiger charge is -2.12. The van der Waals surface area contributed by atoms with Crippen LogP contribution in [0.15, 0.2) is 47.5 Å². The zero-order valence-electron chi connectivity index (χ0n) is 7.90. The molecule has 2 nitrogen and oxygen atoms in total. The van der Waals surface area contributed by atoms with Crippen molar-refractivity contribution < 1.29 is 5.11 Å². The van der Waals surface area contributed by atoms with Crippen LogP contribution in [-0.4, -0.2) is 12.9 Å². The summed E-state index contributed by atoms with van der Waals surface area (Å²) >= 11 is 0. The van der Waals surface area contributed by atoms with Gasteiger partial charge in [0, 0.05) is 7.05 Å². The van der Waals surface area contributed by atoms with Crippen molar-refractivity contribution >= 4 is 16.7 Å². The van der Waals surface area contributed by atoms with Gasteiger partial charge in [0.15, 0.2) is 0 Å². The van der Waals surface area contributed by atoms with Crippen LogP contribution in [0, 0.1) is 0 Å². The predicted octanol–water partition coefficient (Wildman–Crippen LogP) is 1.58. The maximum atomic E-state index is 11.5. The molecule has 0 aromatic heterocycles. The summed E-state index contributed by atoms with van der Waals surface area (Å²) in [6.45, 7) is 0. The van der Waals surface area contributed by atoms with Gasteiger partial charge in [0.25, 0.3) is 0 Å². The van der Waals surface area contributed by atoms with Gasteiger partial charge in [0.1, 0.15) is 0 Å². The lowest BCUT2D eigenvalue weighted by atomic mass is 10.0. The summed E-state index contributed by atoms with van der Waals surface area (Å²) in [5.74, 6) is -0.165. The fourth-order valence-electron chi connectivity index (χ4n) is 1.53. The fourth-order valence-corrected chi connectivity index (χ4v) is 1.53. The number of nitrogens with zero attached hydrogens (tertiary/aromatic N) is 1. The average Bonchev–Trinajstić information content (AvgIpc) is 2.27. The van der Waals surface area contributed by atoms with Crippen molar-refractivity contribution in [1.29, 1.82) is 0 Å². The van der Waals surface area contributed by atoms with Crippen LogP contribution in [0.3, 0.4) is 0 Å². The van der Waals surface area contributed by atoms with Crippen LogP contribution in [0.2, 0.25) is 0 Å². The summed E-state index contributed by atoms with van der Waals surface area (Å²) in [4.78, 5) is 3.67. The molecule has 2 heteroatoms. The van der Waals surface area contributed by atoms with Gasteiger partial charge in [-0.3, -0.25) is 0 Å². The van der Waals surface area contributed by atoms with E-state index in [0.717, 1.165) is 10.8 Å². The van der Waals surface area contributed by atoms with Gasteiger partial charge in [-0.05, 0) is 22.2 Å². The van der Waals surface area contributed by atoms with Crippen molar-refractivity contribution in [1.82, 2.24) is 0 Å². The van der Waals surface area contributed by atoms with Crippen LogP contribution in [0.5, 0.6) is 0 Å². The number of rotatable bonds is 1. The molecule has 0 spiro atoms. The molecule has 0 aliphatic heterocycles. The van der Waals surface area contributed by atoms with E-state index < -0.39 is 0 Å². The molecule has 0 radical (unpaired) electrons. The standard InChI is InChI=1S/C12H11NO/c1-13-12(14)11-8-4-6-9-5-2-3-7-10(9)11/h2-8H,1H3,(H,13,14)/p-1. The number of fused-ring (bicyclic) bond motifs is 1. The van der Waals surface area contributed by atoms with E-state index in [4.69, 9.17) is 0 Å². The molecule has 0 fully saturated rings. The Morgan fingerprint density at radius 3 is 2.57 bits per heavy atom. The molecule has 0 N–H and O–H groups in total. The highest BCUT2D eigenvalue weighted by molar-refractivity contribution is 6.04. The molecule has 0 heterocycles. The number of hydrogen-bond donors (Lipinski definition) is 0.